The number of nitrogens with zero attached hydrogens (tertiary/aromatic N) is 3. The van der Waals surface area contributed by atoms with Crippen LogP contribution in [0, 0.1) is 17.8 Å². The molecule has 2 aliphatic rings. The minimum atomic E-state index is 0.377. The van der Waals surface area contributed by atoms with Crippen LogP contribution >= 0.6 is 0 Å². The Balaban J connectivity index is 1.67. The molecule has 0 spiro atoms. The Morgan fingerprint density at radius 1 is 0.964 bits per heavy atom. The Morgan fingerprint density at radius 2 is 1.79 bits per heavy atom. The number of aromatic nitrogens is 2. The van der Waals surface area contributed by atoms with Gasteiger partial charge in [0.05, 0.1) is 5.52 Å². The number of anilines is 1. The van der Waals surface area contributed by atoms with Gasteiger partial charge in [-0.05, 0) is 55.2 Å². The molecule has 3 heteroatoms. The maximum Gasteiger partial charge on any atom is 0.162 e. The van der Waals surface area contributed by atoms with E-state index in [2.05, 4.69) is 81.1 Å². The molecule has 1 saturated heterocycles. The predicted octanol–water partition coefficient (Wildman–Crippen LogP) is 6.01. The number of fused-ring (bicyclic) bond motifs is 3. The van der Waals surface area contributed by atoms with Crippen molar-refractivity contribution in [3.63, 3.8) is 0 Å². The highest BCUT2D eigenvalue weighted by Gasteiger charge is 2.50. The molecule has 0 radical (unpaired) electrons. The van der Waals surface area contributed by atoms with E-state index in [4.69, 9.17) is 9.97 Å². The highest BCUT2D eigenvalue weighted by Crippen LogP contribution is 2.53. The fourth-order valence-corrected chi connectivity index (χ4v) is 5.90. The number of benzene rings is 2. The summed E-state index contributed by atoms with van der Waals surface area (Å²) in [5.41, 5.74) is 4.15. The van der Waals surface area contributed by atoms with Crippen LogP contribution in [0.25, 0.3) is 22.3 Å². The molecule has 28 heavy (non-hydrogen) atoms. The zero-order valence-corrected chi connectivity index (χ0v) is 17.4. The van der Waals surface area contributed by atoms with E-state index >= 15 is 0 Å². The number of aryl methyl sites for hydroxylation is 1. The zero-order chi connectivity index (χ0) is 19.5. The van der Waals surface area contributed by atoms with E-state index in [0.29, 0.717) is 16.9 Å². The molecule has 144 valence electrons. The van der Waals surface area contributed by atoms with E-state index in [-0.39, 0.29) is 0 Å². The third-order valence-electron chi connectivity index (χ3n) is 6.55. The maximum atomic E-state index is 5.15. The van der Waals surface area contributed by atoms with Gasteiger partial charge in [-0.2, -0.15) is 0 Å². The van der Waals surface area contributed by atoms with Crippen molar-refractivity contribution in [2.24, 2.45) is 10.8 Å². The smallest absolute Gasteiger partial charge is 0.162 e. The van der Waals surface area contributed by atoms with Gasteiger partial charge in [0.2, 0.25) is 0 Å². The molecule has 0 unspecified atom stereocenters. The summed E-state index contributed by atoms with van der Waals surface area (Å²) in [4.78, 5) is 12.7. The molecule has 1 saturated carbocycles. The summed E-state index contributed by atoms with van der Waals surface area (Å²) in [6.07, 6.45) is 3.80. The molecule has 0 N–H and O–H groups in total. The molecular formula is C25H29N3. The summed E-state index contributed by atoms with van der Waals surface area (Å²) in [6, 6.07) is 17.6. The number of rotatable bonds is 2. The third-order valence-corrected chi connectivity index (χ3v) is 6.55. The van der Waals surface area contributed by atoms with Crippen LogP contribution in [0.15, 0.2) is 48.5 Å². The summed E-state index contributed by atoms with van der Waals surface area (Å²) in [6.45, 7) is 10.5. The van der Waals surface area contributed by atoms with Crippen LogP contribution in [0.3, 0.4) is 0 Å². The van der Waals surface area contributed by atoms with Crippen molar-refractivity contribution in [3.8, 4) is 11.4 Å². The summed E-state index contributed by atoms with van der Waals surface area (Å²) in [5, 5.41) is 1.17. The fourth-order valence-electron chi connectivity index (χ4n) is 5.90. The van der Waals surface area contributed by atoms with Crippen LogP contribution in [0.1, 0.15) is 45.6 Å². The normalized spacial score (nSPS) is 26.0. The molecule has 1 aliphatic carbocycles. The molecule has 2 fully saturated rings. The molecule has 3 nitrogen and oxygen atoms in total. The minimum Gasteiger partial charge on any atom is -0.352 e. The summed E-state index contributed by atoms with van der Waals surface area (Å²) in [7, 11) is 0. The first-order valence-electron chi connectivity index (χ1n) is 10.4. The Morgan fingerprint density at radius 3 is 2.61 bits per heavy atom. The quantitative estimate of drug-likeness (QED) is 0.552. The number of para-hydroxylation sites is 1. The second-order valence-electron chi connectivity index (χ2n) is 10.1. The van der Waals surface area contributed by atoms with Crippen molar-refractivity contribution in [2.45, 2.75) is 53.0 Å². The molecule has 2 bridgehead atoms. The minimum absolute atomic E-state index is 0.377. The van der Waals surface area contributed by atoms with Gasteiger partial charge in [0.25, 0.3) is 0 Å². The van der Waals surface area contributed by atoms with E-state index in [9.17, 15) is 0 Å². The van der Waals surface area contributed by atoms with Crippen LogP contribution in [0.5, 0.6) is 0 Å². The topological polar surface area (TPSA) is 29.0 Å². The van der Waals surface area contributed by atoms with Crippen LogP contribution in [-0.2, 0) is 0 Å². The molecule has 2 atom stereocenters. The van der Waals surface area contributed by atoms with Crippen molar-refractivity contribution in [1.29, 1.82) is 0 Å². The van der Waals surface area contributed by atoms with E-state index in [0.717, 1.165) is 29.3 Å². The van der Waals surface area contributed by atoms with Crippen LogP contribution in [0.2, 0.25) is 0 Å². The number of hydrogen-bond acceptors (Lipinski definition) is 3. The monoisotopic (exact) mass is 371 g/mol. The van der Waals surface area contributed by atoms with Crippen LogP contribution in [0.4, 0.5) is 5.82 Å². The highest BCUT2D eigenvalue weighted by molar-refractivity contribution is 5.91. The first kappa shape index (κ1) is 17.7. The Bertz CT molecular complexity index is 1050. The predicted molar refractivity (Wildman–Crippen MR) is 117 cm³/mol. The van der Waals surface area contributed by atoms with Gasteiger partial charge in [-0.1, -0.05) is 56.7 Å². The van der Waals surface area contributed by atoms with Gasteiger partial charge in [-0.25, -0.2) is 9.97 Å². The van der Waals surface area contributed by atoms with E-state index in [1.54, 1.807) is 0 Å². The van der Waals surface area contributed by atoms with Gasteiger partial charge in [-0.15, -0.1) is 0 Å². The molecular weight excluding hydrogens is 342 g/mol. The maximum absolute atomic E-state index is 5.15. The van der Waals surface area contributed by atoms with Crippen molar-refractivity contribution in [2.75, 3.05) is 11.4 Å². The van der Waals surface area contributed by atoms with Crippen molar-refractivity contribution in [1.82, 2.24) is 9.97 Å². The lowest BCUT2D eigenvalue weighted by atomic mass is 9.65. The fraction of sp³-hybridized carbons (Fsp3) is 0.440. The summed E-state index contributed by atoms with van der Waals surface area (Å²) >= 11 is 0. The lowest BCUT2D eigenvalue weighted by Crippen LogP contribution is -2.35. The van der Waals surface area contributed by atoms with Crippen molar-refractivity contribution >= 4 is 16.7 Å². The molecule has 2 aromatic carbocycles. The Labute approximate surface area is 167 Å². The SMILES string of the molecule is Cc1cccc(-c2nc(N3C[C@@]4(C)C[C@H]3CC(C)(C)C4)c3ccccc3n2)c1. The lowest BCUT2D eigenvalue weighted by Gasteiger charge is -2.39. The van der Waals surface area contributed by atoms with Gasteiger partial charge in [0.1, 0.15) is 5.82 Å². The van der Waals surface area contributed by atoms with Gasteiger partial charge < -0.3 is 4.90 Å². The largest absolute Gasteiger partial charge is 0.352 e. The van der Waals surface area contributed by atoms with E-state index in [1.165, 1.54) is 30.2 Å². The second kappa shape index (κ2) is 6.04. The standard InChI is InChI=1S/C25H29N3/c1-17-8-7-9-18(12-17)22-26-21-11-6-5-10-20(21)23(27-22)28-16-25(4)14-19(28)13-24(2,3)15-25/h5-12,19H,13-16H2,1-4H3/t19-,25+/m1/s1. The van der Waals surface area contributed by atoms with E-state index < -0.39 is 0 Å². The van der Waals surface area contributed by atoms with Crippen LogP contribution < -0.4 is 4.90 Å². The molecule has 3 aromatic rings. The average Bonchev–Trinajstić information content (AvgIpc) is 2.89. The number of hydrogen-bond donors (Lipinski definition) is 0. The zero-order valence-electron chi connectivity index (χ0n) is 17.4. The highest BCUT2D eigenvalue weighted by atomic mass is 15.3. The Kier molecular flexibility index (Phi) is 3.81. The second-order valence-corrected chi connectivity index (χ2v) is 10.1. The first-order valence-corrected chi connectivity index (χ1v) is 10.4. The van der Waals surface area contributed by atoms with E-state index in [1.807, 2.05) is 0 Å². The third kappa shape index (κ3) is 2.97. The van der Waals surface area contributed by atoms with Crippen LogP contribution in [-0.4, -0.2) is 22.6 Å². The van der Waals surface area contributed by atoms with Gasteiger partial charge in [0.15, 0.2) is 5.82 Å². The first-order chi connectivity index (χ1) is 13.3. The Hall–Kier alpha value is -2.42. The van der Waals surface area contributed by atoms with Gasteiger partial charge in [-0.3, -0.25) is 0 Å². The van der Waals surface area contributed by atoms with Gasteiger partial charge in [0, 0.05) is 23.5 Å². The summed E-state index contributed by atoms with van der Waals surface area (Å²) in [5.74, 6) is 1.96. The van der Waals surface area contributed by atoms with Crippen molar-refractivity contribution in [3.05, 3.63) is 54.1 Å². The van der Waals surface area contributed by atoms with Gasteiger partial charge >= 0.3 is 0 Å². The van der Waals surface area contributed by atoms with Crippen molar-refractivity contribution < 1.29 is 0 Å². The lowest BCUT2D eigenvalue weighted by molar-refractivity contribution is 0.136. The molecule has 1 aromatic heterocycles. The average molecular weight is 372 g/mol. The molecule has 5 rings (SSSR count). The molecule has 0 amide bonds. The molecule has 2 heterocycles. The summed E-state index contributed by atoms with van der Waals surface area (Å²) < 4.78 is 0. The molecule has 1 aliphatic heterocycles.